The molecule has 2 rings (SSSR count). The third-order valence-corrected chi connectivity index (χ3v) is 3.54. The molecule has 0 heterocycles. The van der Waals surface area contributed by atoms with Gasteiger partial charge in [-0.25, -0.2) is 4.79 Å². The molecule has 0 bridgehead atoms. The molecular formula is C16H24N2O2. The fraction of sp³-hybridized carbons (Fsp3) is 0.562. The molecule has 0 radical (unpaired) electrons. The molecule has 1 saturated carbocycles. The summed E-state index contributed by atoms with van der Waals surface area (Å²) in [4.78, 5) is 11.9. The van der Waals surface area contributed by atoms with E-state index in [1.807, 2.05) is 45.9 Å². The zero-order valence-electron chi connectivity index (χ0n) is 12.7. The van der Waals surface area contributed by atoms with Crippen molar-refractivity contribution < 1.29 is 9.53 Å². The summed E-state index contributed by atoms with van der Waals surface area (Å²) in [5.74, 6) is 0. The van der Waals surface area contributed by atoms with Crippen LogP contribution in [-0.2, 0) is 4.74 Å². The lowest BCUT2D eigenvalue weighted by Crippen LogP contribution is -2.46. The molecular weight excluding hydrogens is 252 g/mol. The number of benzene rings is 1. The van der Waals surface area contributed by atoms with Gasteiger partial charge in [0, 0.05) is 0 Å². The minimum Gasteiger partial charge on any atom is -0.444 e. The number of ether oxygens (including phenoxy) is 1. The Morgan fingerprint density at radius 3 is 2.55 bits per heavy atom. The third-order valence-electron chi connectivity index (χ3n) is 3.54. The van der Waals surface area contributed by atoms with Crippen molar-refractivity contribution in [2.45, 2.75) is 57.7 Å². The first-order chi connectivity index (χ1) is 9.22. The second kappa shape index (κ2) is 5.09. The molecule has 1 aliphatic rings. The molecule has 0 spiro atoms. The number of amides is 1. The van der Waals surface area contributed by atoms with Crippen molar-refractivity contribution in [3.05, 3.63) is 35.4 Å². The molecule has 0 aromatic heterocycles. The summed E-state index contributed by atoms with van der Waals surface area (Å²) in [6, 6.07) is 7.91. The van der Waals surface area contributed by atoms with Crippen LogP contribution in [-0.4, -0.2) is 17.2 Å². The highest BCUT2D eigenvalue weighted by Crippen LogP contribution is 2.45. The molecule has 1 aromatic carbocycles. The molecule has 4 nitrogen and oxygen atoms in total. The highest BCUT2D eigenvalue weighted by atomic mass is 16.6. The van der Waals surface area contributed by atoms with Gasteiger partial charge >= 0.3 is 6.09 Å². The molecule has 1 atom stereocenters. The van der Waals surface area contributed by atoms with Crippen LogP contribution in [0, 0.1) is 6.92 Å². The third kappa shape index (κ3) is 3.51. The van der Waals surface area contributed by atoms with Crippen LogP contribution in [0.1, 0.15) is 50.8 Å². The maximum absolute atomic E-state index is 11.9. The minimum atomic E-state index is -0.492. The molecule has 1 amide bonds. The monoisotopic (exact) mass is 276 g/mol. The summed E-state index contributed by atoms with van der Waals surface area (Å²) in [5.41, 5.74) is 7.73. The summed E-state index contributed by atoms with van der Waals surface area (Å²) in [7, 11) is 0. The molecule has 0 aliphatic heterocycles. The van der Waals surface area contributed by atoms with Crippen LogP contribution in [0.5, 0.6) is 0 Å². The van der Waals surface area contributed by atoms with E-state index in [-0.39, 0.29) is 11.6 Å². The van der Waals surface area contributed by atoms with Gasteiger partial charge in [0.2, 0.25) is 0 Å². The van der Waals surface area contributed by atoms with Gasteiger partial charge in [0.05, 0.1) is 11.6 Å². The lowest BCUT2D eigenvalue weighted by Gasteiger charge is -2.27. The van der Waals surface area contributed by atoms with Crippen molar-refractivity contribution in [1.29, 1.82) is 0 Å². The van der Waals surface area contributed by atoms with E-state index in [4.69, 9.17) is 10.5 Å². The predicted octanol–water partition coefficient (Wildman–Crippen LogP) is 3.05. The highest BCUT2D eigenvalue weighted by Gasteiger charge is 2.50. The van der Waals surface area contributed by atoms with Crippen LogP contribution < -0.4 is 11.1 Å². The van der Waals surface area contributed by atoms with Crippen molar-refractivity contribution in [3.8, 4) is 0 Å². The molecule has 110 valence electrons. The van der Waals surface area contributed by atoms with E-state index in [0.29, 0.717) is 0 Å². The van der Waals surface area contributed by atoms with Gasteiger partial charge < -0.3 is 15.8 Å². The summed E-state index contributed by atoms with van der Waals surface area (Å²) in [5, 5.41) is 2.96. The van der Waals surface area contributed by atoms with E-state index in [9.17, 15) is 4.79 Å². The quantitative estimate of drug-likeness (QED) is 0.891. The van der Waals surface area contributed by atoms with Crippen LogP contribution in [0.2, 0.25) is 0 Å². The SMILES string of the molecule is Cc1cccc(C(N)C2(NC(=O)OC(C)(C)C)CC2)c1. The fourth-order valence-electron chi connectivity index (χ4n) is 2.34. The average Bonchev–Trinajstić information content (AvgIpc) is 3.06. The van der Waals surface area contributed by atoms with Crippen molar-refractivity contribution in [2.75, 3.05) is 0 Å². The van der Waals surface area contributed by atoms with E-state index in [1.54, 1.807) is 0 Å². The van der Waals surface area contributed by atoms with Crippen molar-refractivity contribution in [1.82, 2.24) is 5.32 Å². The van der Waals surface area contributed by atoms with E-state index in [2.05, 4.69) is 11.4 Å². The van der Waals surface area contributed by atoms with Gasteiger partial charge in [0.25, 0.3) is 0 Å². The van der Waals surface area contributed by atoms with E-state index in [1.165, 1.54) is 5.56 Å². The molecule has 3 N–H and O–H groups in total. The van der Waals surface area contributed by atoms with Crippen LogP contribution in [0.25, 0.3) is 0 Å². The normalized spacial score (nSPS) is 18.2. The number of carbonyl (C=O) groups excluding carboxylic acids is 1. The number of carbonyl (C=O) groups is 1. The Balaban J connectivity index is 2.06. The highest BCUT2D eigenvalue weighted by molar-refractivity contribution is 5.69. The van der Waals surface area contributed by atoms with Gasteiger partial charge in [-0.3, -0.25) is 0 Å². The number of hydrogen-bond donors (Lipinski definition) is 2. The van der Waals surface area contributed by atoms with E-state index >= 15 is 0 Å². The van der Waals surface area contributed by atoms with E-state index in [0.717, 1.165) is 18.4 Å². The summed E-state index contributed by atoms with van der Waals surface area (Å²) in [6.07, 6.45) is 1.39. The lowest BCUT2D eigenvalue weighted by molar-refractivity contribution is 0.0487. The first kappa shape index (κ1) is 14.9. The summed E-state index contributed by atoms with van der Waals surface area (Å²) >= 11 is 0. The second-order valence-corrected chi connectivity index (χ2v) is 6.67. The van der Waals surface area contributed by atoms with Crippen LogP contribution >= 0.6 is 0 Å². The molecule has 4 heteroatoms. The average molecular weight is 276 g/mol. The number of alkyl carbamates (subject to hydrolysis) is 1. The van der Waals surface area contributed by atoms with Crippen molar-refractivity contribution in [2.24, 2.45) is 5.73 Å². The van der Waals surface area contributed by atoms with Gasteiger partial charge in [-0.2, -0.15) is 0 Å². The number of hydrogen-bond acceptors (Lipinski definition) is 3. The molecule has 1 aliphatic carbocycles. The van der Waals surface area contributed by atoms with Gasteiger partial charge in [-0.05, 0) is 46.1 Å². The fourth-order valence-corrected chi connectivity index (χ4v) is 2.34. The van der Waals surface area contributed by atoms with Gasteiger partial charge in [-0.15, -0.1) is 0 Å². The Morgan fingerprint density at radius 1 is 1.40 bits per heavy atom. The number of nitrogens with one attached hydrogen (secondary N) is 1. The van der Waals surface area contributed by atoms with Crippen LogP contribution in [0.4, 0.5) is 4.79 Å². The molecule has 1 aromatic rings. The minimum absolute atomic E-state index is 0.199. The second-order valence-electron chi connectivity index (χ2n) is 6.67. The Bertz CT molecular complexity index is 501. The van der Waals surface area contributed by atoms with E-state index < -0.39 is 11.7 Å². The van der Waals surface area contributed by atoms with Crippen LogP contribution in [0.3, 0.4) is 0 Å². The molecule has 1 unspecified atom stereocenters. The zero-order chi connectivity index (χ0) is 15.0. The topological polar surface area (TPSA) is 64.3 Å². The summed E-state index contributed by atoms with van der Waals surface area (Å²) < 4.78 is 5.32. The number of nitrogens with two attached hydrogens (primary N) is 1. The Morgan fingerprint density at radius 2 is 2.05 bits per heavy atom. The first-order valence-corrected chi connectivity index (χ1v) is 7.05. The largest absolute Gasteiger partial charge is 0.444 e. The number of rotatable bonds is 3. The Labute approximate surface area is 120 Å². The van der Waals surface area contributed by atoms with Crippen molar-refractivity contribution in [3.63, 3.8) is 0 Å². The van der Waals surface area contributed by atoms with Crippen molar-refractivity contribution >= 4 is 6.09 Å². The molecule has 20 heavy (non-hydrogen) atoms. The smallest absolute Gasteiger partial charge is 0.408 e. The first-order valence-electron chi connectivity index (χ1n) is 7.05. The zero-order valence-corrected chi connectivity index (χ0v) is 12.7. The number of aryl methyl sites for hydroxylation is 1. The lowest BCUT2D eigenvalue weighted by atomic mass is 9.97. The van der Waals surface area contributed by atoms with Gasteiger partial charge in [0.1, 0.15) is 5.60 Å². The molecule has 1 fully saturated rings. The van der Waals surface area contributed by atoms with Gasteiger partial charge in [0.15, 0.2) is 0 Å². The maximum atomic E-state index is 11.9. The molecule has 0 saturated heterocycles. The Kier molecular flexibility index (Phi) is 3.78. The predicted molar refractivity (Wildman–Crippen MR) is 79.4 cm³/mol. The van der Waals surface area contributed by atoms with Crippen LogP contribution in [0.15, 0.2) is 24.3 Å². The standard InChI is InChI=1S/C16H24N2O2/c1-11-6-5-7-12(10-11)13(17)16(8-9-16)18-14(19)20-15(2,3)4/h5-7,10,13H,8-9,17H2,1-4H3,(H,18,19). The maximum Gasteiger partial charge on any atom is 0.408 e. The Hall–Kier alpha value is -1.55. The summed E-state index contributed by atoms with van der Waals surface area (Å²) in [6.45, 7) is 7.60. The van der Waals surface area contributed by atoms with Gasteiger partial charge in [-0.1, -0.05) is 29.8 Å².